The van der Waals surface area contributed by atoms with Gasteiger partial charge in [0.05, 0.1) is 5.70 Å². The number of thiocarbonyl (C=S) groups is 1. The average Bonchev–Trinajstić information content (AvgIpc) is 2.11. The molecule has 0 bridgehead atoms. The molecule has 0 saturated carbocycles. The first-order valence-corrected chi connectivity index (χ1v) is 4.20. The Hall–Kier alpha value is -1.75. The maximum atomic E-state index is 9.17. The van der Waals surface area contributed by atoms with E-state index in [-0.39, 0.29) is 22.2 Å². The highest BCUT2D eigenvalue weighted by atomic mass is 32.1. The maximum Gasteiger partial charge on any atom is 0.157 e. The zero-order valence-electron chi connectivity index (χ0n) is 7.27. The van der Waals surface area contributed by atoms with Crippen LogP contribution in [0.5, 0.6) is 11.5 Å². The Morgan fingerprint density at radius 2 is 1.86 bits per heavy atom. The van der Waals surface area contributed by atoms with Gasteiger partial charge in [0.2, 0.25) is 0 Å². The second-order valence-corrected chi connectivity index (χ2v) is 3.15. The van der Waals surface area contributed by atoms with Gasteiger partial charge >= 0.3 is 0 Å². The number of hydrogen-bond acceptors (Lipinski definition) is 4. The van der Waals surface area contributed by atoms with E-state index in [1.165, 1.54) is 18.2 Å². The smallest absolute Gasteiger partial charge is 0.157 e. The van der Waals surface area contributed by atoms with Crippen LogP contribution < -0.4 is 11.5 Å². The van der Waals surface area contributed by atoms with Crippen LogP contribution in [0, 0.1) is 0 Å². The summed E-state index contributed by atoms with van der Waals surface area (Å²) in [6.45, 7) is 0. The summed E-state index contributed by atoms with van der Waals surface area (Å²) in [7, 11) is 0. The maximum absolute atomic E-state index is 9.17. The molecule has 0 spiro atoms. The second kappa shape index (κ2) is 3.97. The van der Waals surface area contributed by atoms with Crippen molar-refractivity contribution in [2.24, 2.45) is 11.5 Å². The van der Waals surface area contributed by atoms with Crippen LogP contribution in [0.2, 0.25) is 0 Å². The van der Waals surface area contributed by atoms with Gasteiger partial charge in [-0.2, -0.15) is 0 Å². The predicted octanol–water partition coefficient (Wildman–Crippen LogP) is 0.683. The number of aromatic hydroxyl groups is 2. The second-order valence-electron chi connectivity index (χ2n) is 2.71. The van der Waals surface area contributed by atoms with Gasteiger partial charge in [0.1, 0.15) is 4.99 Å². The summed E-state index contributed by atoms with van der Waals surface area (Å²) in [6, 6.07) is 4.30. The van der Waals surface area contributed by atoms with Crippen molar-refractivity contribution in [2.45, 2.75) is 0 Å². The van der Waals surface area contributed by atoms with Crippen molar-refractivity contribution < 1.29 is 10.2 Å². The Morgan fingerprint density at radius 1 is 1.21 bits per heavy atom. The fourth-order valence-electron chi connectivity index (χ4n) is 0.881. The van der Waals surface area contributed by atoms with Crippen molar-refractivity contribution in [3.8, 4) is 11.5 Å². The van der Waals surface area contributed by atoms with Crippen molar-refractivity contribution in [1.82, 2.24) is 0 Å². The number of phenols is 2. The van der Waals surface area contributed by atoms with Gasteiger partial charge in [-0.25, -0.2) is 0 Å². The SMILES string of the molecule is NC(=S)/C(N)=C/c1ccc(O)c(O)c1. The van der Waals surface area contributed by atoms with Crippen molar-refractivity contribution in [2.75, 3.05) is 0 Å². The monoisotopic (exact) mass is 210 g/mol. The first kappa shape index (κ1) is 10.3. The van der Waals surface area contributed by atoms with Gasteiger partial charge in [-0.05, 0) is 23.8 Å². The first-order chi connectivity index (χ1) is 6.50. The molecule has 14 heavy (non-hydrogen) atoms. The van der Waals surface area contributed by atoms with E-state index in [0.29, 0.717) is 5.56 Å². The normalized spacial score (nSPS) is 11.3. The van der Waals surface area contributed by atoms with Crippen LogP contribution in [0.15, 0.2) is 23.9 Å². The Morgan fingerprint density at radius 3 is 2.36 bits per heavy atom. The summed E-state index contributed by atoms with van der Waals surface area (Å²) in [4.78, 5) is 0.0950. The minimum Gasteiger partial charge on any atom is -0.504 e. The molecule has 0 aliphatic carbocycles. The highest BCUT2D eigenvalue weighted by Crippen LogP contribution is 2.25. The molecule has 0 aromatic heterocycles. The van der Waals surface area contributed by atoms with Crippen LogP contribution in [0.1, 0.15) is 5.56 Å². The average molecular weight is 210 g/mol. The van der Waals surface area contributed by atoms with Gasteiger partial charge in [-0.15, -0.1) is 0 Å². The fraction of sp³-hybridized carbons (Fsp3) is 0. The van der Waals surface area contributed by atoms with E-state index in [1.54, 1.807) is 6.07 Å². The Bertz CT molecular complexity index is 402. The van der Waals surface area contributed by atoms with Crippen LogP contribution in [0.25, 0.3) is 6.08 Å². The molecule has 74 valence electrons. The molecular formula is C9H10N2O2S. The molecule has 5 heteroatoms. The quantitative estimate of drug-likeness (QED) is 0.327. The van der Waals surface area contributed by atoms with Gasteiger partial charge in [-0.3, -0.25) is 0 Å². The van der Waals surface area contributed by atoms with Crippen LogP contribution in [0.4, 0.5) is 0 Å². The van der Waals surface area contributed by atoms with Crippen molar-refractivity contribution in [3.05, 3.63) is 29.5 Å². The van der Waals surface area contributed by atoms with Crippen LogP contribution >= 0.6 is 12.2 Å². The Labute approximate surface area is 86.5 Å². The molecule has 0 fully saturated rings. The molecule has 4 nitrogen and oxygen atoms in total. The lowest BCUT2D eigenvalue weighted by atomic mass is 10.1. The minimum absolute atomic E-state index is 0.0950. The zero-order valence-corrected chi connectivity index (χ0v) is 8.08. The lowest BCUT2D eigenvalue weighted by Gasteiger charge is -2.00. The highest BCUT2D eigenvalue weighted by molar-refractivity contribution is 7.80. The topological polar surface area (TPSA) is 92.5 Å². The third kappa shape index (κ3) is 2.37. The Balaban J connectivity index is 3.04. The van der Waals surface area contributed by atoms with Gasteiger partial charge < -0.3 is 21.7 Å². The van der Waals surface area contributed by atoms with Gasteiger partial charge in [0, 0.05) is 0 Å². The van der Waals surface area contributed by atoms with E-state index in [9.17, 15) is 0 Å². The first-order valence-electron chi connectivity index (χ1n) is 3.79. The molecule has 0 amide bonds. The minimum atomic E-state index is -0.213. The van der Waals surface area contributed by atoms with E-state index in [4.69, 9.17) is 21.7 Å². The third-order valence-corrected chi connectivity index (χ3v) is 1.84. The standard InChI is InChI=1S/C9H10N2O2S/c10-6(9(11)14)3-5-1-2-7(12)8(13)4-5/h1-4,12-13H,10H2,(H2,11,14)/b6-3-. The van der Waals surface area contributed by atoms with Crippen molar-refractivity contribution in [1.29, 1.82) is 0 Å². The van der Waals surface area contributed by atoms with E-state index in [0.717, 1.165) is 0 Å². The molecule has 1 rings (SSSR count). The molecule has 0 unspecified atom stereocenters. The molecule has 0 saturated heterocycles. The van der Waals surface area contributed by atoms with E-state index in [1.807, 2.05) is 0 Å². The van der Waals surface area contributed by atoms with Crippen LogP contribution in [0.3, 0.4) is 0 Å². The molecule has 0 atom stereocenters. The Kier molecular flexibility index (Phi) is 2.93. The number of rotatable bonds is 2. The summed E-state index contributed by atoms with van der Waals surface area (Å²) < 4.78 is 0. The molecular weight excluding hydrogens is 200 g/mol. The third-order valence-electron chi connectivity index (χ3n) is 1.61. The molecule has 0 aliphatic rings. The molecule has 1 aromatic carbocycles. The summed E-state index contributed by atoms with van der Waals surface area (Å²) >= 11 is 4.65. The molecule has 6 N–H and O–H groups in total. The number of phenolic OH excluding ortho intramolecular Hbond substituents is 2. The molecule has 1 aromatic rings. The summed E-state index contributed by atoms with van der Waals surface area (Å²) in [6.07, 6.45) is 1.52. The van der Waals surface area contributed by atoms with Gasteiger partial charge in [0.25, 0.3) is 0 Å². The van der Waals surface area contributed by atoms with E-state index in [2.05, 4.69) is 12.2 Å². The van der Waals surface area contributed by atoms with Crippen LogP contribution in [-0.2, 0) is 0 Å². The lowest BCUT2D eigenvalue weighted by Crippen LogP contribution is -2.17. The number of benzene rings is 1. The molecule has 0 heterocycles. The van der Waals surface area contributed by atoms with E-state index >= 15 is 0 Å². The number of hydrogen-bond donors (Lipinski definition) is 4. The predicted molar refractivity (Wildman–Crippen MR) is 58.7 cm³/mol. The highest BCUT2D eigenvalue weighted by Gasteiger charge is 2.00. The summed E-state index contributed by atoms with van der Waals surface area (Å²) in [5.41, 5.74) is 11.6. The van der Waals surface area contributed by atoms with E-state index < -0.39 is 0 Å². The van der Waals surface area contributed by atoms with Crippen molar-refractivity contribution >= 4 is 23.3 Å². The van der Waals surface area contributed by atoms with Crippen molar-refractivity contribution in [3.63, 3.8) is 0 Å². The van der Waals surface area contributed by atoms with Crippen LogP contribution in [-0.4, -0.2) is 15.2 Å². The lowest BCUT2D eigenvalue weighted by molar-refractivity contribution is 0.403. The van der Waals surface area contributed by atoms with Gasteiger partial charge in [-0.1, -0.05) is 18.3 Å². The molecule has 0 aliphatic heterocycles. The van der Waals surface area contributed by atoms with Gasteiger partial charge in [0.15, 0.2) is 11.5 Å². The molecule has 0 radical (unpaired) electrons. The fourth-order valence-corrected chi connectivity index (χ4v) is 0.940. The zero-order chi connectivity index (χ0) is 10.7. The largest absolute Gasteiger partial charge is 0.504 e. The summed E-state index contributed by atoms with van der Waals surface area (Å²) in [5, 5.41) is 18.2. The number of nitrogens with two attached hydrogens (primary N) is 2. The summed E-state index contributed by atoms with van der Waals surface area (Å²) in [5.74, 6) is -0.398.